The van der Waals surface area contributed by atoms with Crippen LogP contribution < -0.4 is 0 Å². The lowest BCUT2D eigenvalue weighted by atomic mass is 9.72. The quantitative estimate of drug-likeness (QED) is 0.282. The Balaban J connectivity index is 1.51. The van der Waals surface area contributed by atoms with Gasteiger partial charge in [-0.2, -0.15) is 5.10 Å². The topological polar surface area (TPSA) is 70.6 Å². The number of hydrogen-bond acceptors (Lipinski definition) is 4. The highest BCUT2D eigenvalue weighted by molar-refractivity contribution is 6.12. The summed E-state index contributed by atoms with van der Waals surface area (Å²) in [4.78, 5) is 20.0. The Bertz CT molecular complexity index is 1360. The van der Waals surface area contributed by atoms with Crippen molar-refractivity contribution < 1.29 is 9.53 Å². The minimum absolute atomic E-state index is 0.229. The van der Waals surface area contributed by atoms with Crippen molar-refractivity contribution in [1.29, 1.82) is 0 Å². The molecule has 0 saturated carbocycles. The van der Waals surface area contributed by atoms with Crippen LogP contribution in [0.2, 0.25) is 0 Å². The molecule has 0 spiro atoms. The number of likely N-dealkylation sites (tertiary alicyclic amines) is 1. The molecular weight excluding hydrogens is 484 g/mol. The molecule has 0 bridgehead atoms. The normalized spacial score (nSPS) is 15.0. The third kappa shape index (κ3) is 6.28. The van der Waals surface area contributed by atoms with Gasteiger partial charge in [0.15, 0.2) is 0 Å². The standard InChI is InChI=1S/C33H36N4O2/c1-32(2,3)39-31(38)37-19-17-33(18-20-37,29-16-10-15-27(21-29)28-22-35-36-23-28)24-34-30(25-11-6-4-7-12-25)26-13-8-5-9-14-26/h4-16,21-23H,17-20,24H2,1-3H3,(H,35,36). The smallest absolute Gasteiger partial charge is 0.410 e. The van der Waals surface area contributed by atoms with E-state index in [0.29, 0.717) is 19.6 Å². The van der Waals surface area contributed by atoms with E-state index in [0.717, 1.165) is 40.8 Å². The Morgan fingerprint density at radius 2 is 1.56 bits per heavy atom. The van der Waals surface area contributed by atoms with Crippen LogP contribution in [0.15, 0.2) is 102 Å². The number of aromatic nitrogens is 2. The van der Waals surface area contributed by atoms with Crippen molar-refractivity contribution in [2.24, 2.45) is 4.99 Å². The Morgan fingerprint density at radius 1 is 0.923 bits per heavy atom. The van der Waals surface area contributed by atoms with Crippen molar-refractivity contribution in [2.45, 2.75) is 44.6 Å². The Morgan fingerprint density at radius 3 is 2.13 bits per heavy atom. The second-order valence-corrected chi connectivity index (χ2v) is 11.2. The number of rotatable bonds is 6. The summed E-state index contributed by atoms with van der Waals surface area (Å²) >= 11 is 0. The van der Waals surface area contributed by atoms with E-state index < -0.39 is 5.60 Å². The van der Waals surface area contributed by atoms with E-state index in [-0.39, 0.29) is 11.5 Å². The lowest BCUT2D eigenvalue weighted by Gasteiger charge is -2.42. The molecule has 1 aliphatic heterocycles. The fourth-order valence-corrected chi connectivity index (χ4v) is 5.19. The van der Waals surface area contributed by atoms with Crippen LogP contribution >= 0.6 is 0 Å². The zero-order chi connectivity index (χ0) is 27.3. The lowest BCUT2D eigenvalue weighted by Crippen LogP contribution is -2.48. The van der Waals surface area contributed by atoms with Crippen molar-refractivity contribution in [3.63, 3.8) is 0 Å². The summed E-state index contributed by atoms with van der Waals surface area (Å²) in [6, 6.07) is 29.4. The Kier molecular flexibility index (Phi) is 7.64. The molecule has 0 unspecified atom stereocenters. The van der Waals surface area contributed by atoms with Gasteiger partial charge in [-0.1, -0.05) is 84.9 Å². The van der Waals surface area contributed by atoms with Crippen LogP contribution in [-0.4, -0.2) is 52.1 Å². The fourth-order valence-electron chi connectivity index (χ4n) is 5.19. The van der Waals surface area contributed by atoms with E-state index in [4.69, 9.17) is 9.73 Å². The van der Waals surface area contributed by atoms with Gasteiger partial charge in [-0.25, -0.2) is 4.79 Å². The summed E-state index contributed by atoms with van der Waals surface area (Å²) in [6.07, 6.45) is 5.10. The summed E-state index contributed by atoms with van der Waals surface area (Å²) in [6.45, 7) is 7.57. The van der Waals surface area contributed by atoms with Gasteiger partial charge in [0.05, 0.1) is 11.9 Å². The first kappa shape index (κ1) is 26.4. The van der Waals surface area contributed by atoms with Gasteiger partial charge in [-0.05, 0) is 44.7 Å². The number of H-pyrrole nitrogens is 1. The maximum absolute atomic E-state index is 12.9. The van der Waals surface area contributed by atoms with Crippen LogP contribution in [0.25, 0.3) is 11.1 Å². The molecule has 1 aromatic heterocycles. The van der Waals surface area contributed by atoms with Gasteiger partial charge in [0.2, 0.25) is 0 Å². The van der Waals surface area contributed by atoms with Crippen LogP contribution in [0.1, 0.15) is 50.3 Å². The maximum Gasteiger partial charge on any atom is 0.410 e. The molecule has 1 saturated heterocycles. The number of carbonyl (C=O) groups excluding carboxylic acids is 1. The largest absolute Gasteiger partial charge is 0.444 e. The number of nitrogens with zero attached hydrogens (tertiary/aromatic N) is 3. The zero-order valence-electron chi connectivity index (χ0n) is 22.9. The molecule has 6 heteroatoms. The molecule has 6 nitrogen and oxygen atoms in total. The van der Waals surface area contributed by atoms with Crippen molar-refractivity contribution in [1.82, 2.24) is 15.1 Å². The number of piperidine rings is 1. The van der Waals surface area contributed by atoms with E-state index in [1.54, 1.807) is 0 Å². The van der Waals surface area contributed by atoms with Crippen LogP contribution in [0, 0.1) is 0 Å². The van der Waals surface area contributed by atoms with Crippen molar-refractivity contribution in [3.8, 4) is 11.1 Å². The molecule has 0 aliphatic carbocycles. The molecule has 3 aromatic carbocycles. The number of aliphatic imine (C=N–C) groups is 1. The van der Waals surface area contributed by atoms with E-state index in [1.165, 1.54) is 5.56 Å². The van der Waals surface area contributed by atoms with E-state index >= 15 is 0 Å². The number of amides is 1. The summed E-state index contributed by atoms with van der Waals surface area (Å²) in [5, 5.41) is 7.06. The van der Waals surface area contributed by atoms with Gasteiger partial charge in [0, 0.05) is 47.9 Å². The summed E-state index contributed by atoms with van der Waals surface area (Å²) in [5.74, 6) is 0. The van der Waals surface area contributed by atoms with Crippen LogP contribution in [-0.2, 0) is 10.2 Å². The summed E-state index contributed by atoms with van der Waals surface area (Å²) < 4.78 is 5.68. The number of ether oxygens (including phenoxy) is 1. The SMILES string of the molecule is CC(C)(C)OC(=O)N1CCC(CN=C(c2ccccc2)c2ccccc2)(c2cccc(-c3cn[nH]c3)c2)CC1. The first-order chi connectivity index (χ1) is 18.8. The molecule has 0 radical (unpaired) electrons. The molecule has 2 heterocycles. The molecule has 200 valence electrons. The van der Waals surface area contributed by atoms with Crippen molar-refractivity contribution >= 4 is 11.8 Å². The minimum atomic E-state index is -0.519. The van der Waals surface area contributed by atoms with Gasteiger partial charge < -0.3 is 9.64 Å². The number of carbonyl (C=O) groups is 1. The molecule has 0 atom stereocenters. The van der Waals surface area contributed by atoms with Gasteiger partial charge >= 0.3 is 6.09 Å². The first-order valence-corrected chi connectivity index (χ1v) is 13.6. The molecular formula is C33H36N4O2. The molecule has 1 aliphatic rings. The number of benzene rings is 3. The summed E-state index contributed by atoms with van der Waals surface area (Å²) in [5.41, 5.74) is 5.82. The van der Waals surface area contributed by atoms with E-state index in [1.807, 2.05) is 50.2 Å². The Hall–Kier alpha value is -4.19. The zero-order valence-corrected chi connectivity index (χ0v) is 22.9. The number of aromatic amines is 1. The molecule has 39 heavy (non-hydrogen) atoms. The monoisotopic (exact) mass is 520 g/mol. The molecule has 1 fully saturated rings. The average molecular weight is 521 g/mol. The maximum atomic E-state index is 12.9. The van der Waals surface area contributed by atoms with Gasteiger partial charge in [-0.15, -0.1) is 0 Å². The lowest BCUT2D eigenvalue weighted by molar-refractivity contribution is 0.0167. The summed E-state index contributed by atoms with van der Waals surface area (Å²) in [7, 11) is 0. The second-order valence-electron chi connectivity index (χ2n) is 11.2. The van der Waals surface area contributed by atoms with Gasteiger partial charge in [0.1, 0.15) is 5.60 Å². The van der Waals surface area contributed by atoms with Crippen LogP contribution in [0.4, 0.5) is 4.79 Å². The highest BCUT2D eigenvalue weighted by Crippen LogP contribution is 2.38. The fraction of sp³-hybridized carbons (Fsp3) is 0.303. The highest BCUT2D eigenvalue weighted by atomic mass is 16.6. The van der Waals surface area contributed by atoms with Crippen molar-refractivity contribution in [2.75, 3.05) is 19.6 Å². The molecule has 1 N–H and O–H groups in total. The second kappa shape index (κ2) is 11.3. The van der Waals surface area contributed by atoms with Gasteiger partial charge in [-0.3, -0.25) is 10.1 Å². The van der Waals surface area contributed by atoms with Crippen LogP contribution in [0.5, 0.6) is 0 Å². The molecule has 4 aromatic rings. The predicted octanol–water partition coefficient (Wildman–Crippen LogP) is 6.88. The molecule has 5 rings (SSSR count). The first-order valence-electron chi connectivity index (χ1n) is 13.6. The third-order valence-electron chi connectivity index (χ3n) is 7.31. The van der Waals surface area contributed by atoms with E-state index in [2.05, 4.69) is 83.0 Å². The highest BCUT2D eigenvalue weighted by Gasteiger charge is 2.39. The third-order valence-corrected chi connectivity index (χ3v) is 7.31. The average Bonchev–Trinajstić information content (AvgIpc) is 3.49. The number of hydrogen-bond donors (Lipinski definition) is 1. The number of nitrogens with one attached hydrogen (secondary N) is 1. The molecule has 1 amide bonds. The minimum Gasteiger partial charge on any atom is -0.444 e. The predicted molar refractivity (Wildman–Crippen MR) is 156 cm³/mol. The van der Waals surface area contributed by atoms with Gasteiger partial charge in [0.25, 0.3) is 0 Å². The van der Waals surface area contributed by atoms with Crippen LogP contribution in [0.3, 0.4) is 0 Å². The Labute approximate surface area is 230 Å². The van der Waals surface area contributed by atoms with E-state index in [9.17, 15) is 4.79 Å². The van der Waals surface area contributed by atoms with Crippen molar-refractivity contribution in [3.05, 3.63) is 114 Å².